The van der Waals surface area contributed by atoms with Crippen LogP contribution in [0.1, 0.15) is 26.2 Å². The van der Waals surface area contributed by atoms with E-state index in [1.807, 2.05) is 6.92 Å². The van der Waals surface area contributed by atoms with E-state index in [2.05, 4.69) is 4.72 Å². The minimum absolute atomic E-state index is 0.0227. The van der Waals surface area contributed by atoms with E-state index in [1.54, 1.807) is 0 Å². The van der Waals surface area contributed by atoms with E-state index >= 15 is 0 Å². The topological polar surface area (TPSA) is 69.6 Å². The third-order valence-electron chi connectivity index (χ3n) is 3.06. The van der Waals surface area contributed by atoms with Gasteiger partial charge in [0.1, 0.15) is 0 Å². The van der Waals surface area contributed by atoms with Crippen molar-refractivity contribution in [3.8, 4) is 0 Å². The van der Waals surface area contributed by atoms with Gasteiger partial charge in [-0.05, 0) is 25.2 Å². The first-order valence-electron chi connectivity index (χ1n) is 5.44. The molecule has 88 valence electrons. The van der Waals surface area contributed by atoms with Gasteiger partial charge < -0.3 is 5.11 Å². The predicted octanol–water partition coefficient (Wildman–Crippen LogP) is -0.314. The van der Waals surface area contributed by atoms with Crippen LogP contribution in [0.2, 0.25) is 0 Å². The Bertz CT molecular complexity index is 326. The van der Waals surface area contributed by atoms with Crippen molar-refractivity contribution in [1.82, 2.24) is 9.03 Å². The van der Waals surface area contributed by atoms with Crippen molar-refractivity contribution < 1.29 is 13.5 Å². The fourth-order valence-electron chi connectivity index (χ4n) is 1.80. The lowest BCUT2D eigenvalue weighted by atomic mass is 9.99. The number of rotatable bonds is 3. The number of hydrogen-bond acceptors (Lipinski definition) is 3. The van der Waals surface area contributed by atoms with Crippen molar-refractivity contribution in [1.29, 1.82) is 0 Å². The molecule has 0 spiro atoms. The molecular formula is C9H18N2O3S. The molecule has 2 rings (SSSR count). The summed E-state index contributed by atoms with van der Waals surface area (Å²) in [6.45, 7) is 2.72. The normalized spacial score (nSPS) is 34.3. The summed E-state index contributed by atoms with van der Waals surface area (Å²) in [4.78, 5) is 0. The zero-order valence-corrected chi connectivity index (χ0v) is 9.70. The predicted molar refractivity (Wildman–Crippen MR) is 56.4 cm³/mol. The number of nitrogens with one attached hydrogen (secondary N) is 1. The standard InChI is InChI=1S/C9H18N2O3S/c1-7-6-11(5-4-9(7)12)15(13,14)10-8-2-3-8/h7-10,12H,2-6H2,1H3. The Hall–Kier alpha value is -0.170. The van der Waals surface area contributed by atoms with Crippen LogP contribution in [-0.2, 0) is 10.2 Å². The molecular weight excluding hydrogens is 216 g/mol. The summed E-state index contributed by atoms with van der Waals surface area (Å²) < 4.78 is 27.7. The second-order valence-corrected chi connectivity index (χ2v) is 6.29. The zero-order valence-electron chi connectivity index (χ0n) is 8.89. The highest BCUT2D eigenvalue weighted by atomic mass is 32.2. The molecule has 6 heteroatoms. The van der Waals surface area contributed by atoms with E-state index < -0.39 is 10.2 Å². The van der Waals surface area contributed by atoms with Crippen LogP contribution < -0.4 is 4.72 Å². The molecule has 5 nitrogen and oxygen atoms in total. The second kappa shape index (κ2) is 4.01. The van der Waals surface area contributed by atoms with Gasteiger partial charge in [0.05, 0.1) is 6.10 Å². The molecule has 1 heterocycles. The molecule has 1 saturated heterocycles. The third kappa shape index (κ3) is 2.69. The first kappa shape index (κ1) is 11.3. The molecule has 2 atom stereocenters. The van der Waals surface area contributed by atoms with Gasteiger partial charge in [-0.3, -0.25) is 0 Å². The molecule has 1 aliphatic carbocycles. The van der Waals surface area contributed by atoms with Crippen LogP contribution in [0.4, 0.5) is 0 Å². The number of piperidine rings is 1. The van der Waals surface area contributed by atoms with Crippen molar-refractivity contribution in [2.75, 3.05) is 13.1 Å². The highest BCUT2D eigenvalue weighted by Crippen LogP contribution is 2.23. The van der Waals surface area contributed by atoms with Crippen LogP contribution in [-0.4, -0.2) is 43.1 Å². The number of hydrogen-bond donors (Lipinski definition) is 2. The summed E-state index contributed by atoms with van der Waals surface area (Å²) in [7, 11) is -3.30. The van der Waals surface area contributed by atoms with Crippen LogP contribution >= 0.6 is 0 Å². The smallest absolute Gasteiger partial charge is 0.279 e. The van der Waals surface area contributed by atoms with Crippen LogP contribution in [0.3, 0.4) is 0 Å². The Kier molecular flexibility index (Phi) is 3.03. The Morgan fingerprint density at radius 3 is 2.53 bits per heavy atom. The largest absolute Gasteiger partial charge is 0.393 e. The Morgan fingerprint density at radius 1 is 1.33 bits per heavy atom. The molecule has 2 fully saturated rings. The maximum atomic E-state index is 11.8. The molecule has 15 heavy (non-hydrogen) atoms. The van der Waals surface area contributed by atoms with Crippen molar-refractivity contribution in [2.45, 2.75) is 38.3 Å². The fraction of sp³-hybridized carbons (Fsp3) is 1.00. The maximum absolute atomic E-state index is 11.8. The van der Waals surface area contributed by atoms with Crippen LogP contribution in [0.25, 0.3) is 0 Å². The third-order valence-corrected chi connectivity index (χ3v) is 4.70. The Morgan fingerprint density at radius 2 is 2.00 bits per heavy atom. The van der Waals surface area contributed by atoms with Gasteiger partial charge in [-0.15, -0.1) is 0 Å². The van der Waals surface area contributed by atoms with Crippen LogP contribution in [0, 0.1) is 5.92 Å². The molecule has 0 aromatic carbocycles. The van der Waals surface area contributed by atoms with Crippen molar-refractivity contribution in [2.24, 2.45) is 5.92 Å². The summed E-state index contributed by atoms with van der Waals surface area (Å²) in [6.07, 6.45) is 2.07. The van der Waals surface area contributed by atoms with Gasteiger partial charge in [0.25, 0.3) is 10.2 Å². The van der Waals surface area contributed by atoms with Crippen molar-refractivity contribution in [3.63, 3.8) is 0 Å². The Labute approximate surface area is 90.6 Å². The lowest BCUT2D eigenvalue weighted by Gasteiger charge is -2.33. The molecule has 1 aliphatic heterocycles. The number of nitrogens with zero attached hydrogens (tertiary/aromatic N) is 1. The molecule has 1 saturated carbocycles. The van der Waals surface area contributed by atoms with Gasteiger partial charge in [0.15, 0.2) is 0 Å². The van der Waals surface area contributed by atoms with Crippen LogP contribution in [0.15, 0.2) is 0 Å². The van der Waals surface area contributed by atoms with E-state index in [0.717, 1.165) is 12.8 Å². The zero-order chi connectivity index (χ0) is 11.1. The van der Waals surface area contributed by atoms with E-state index in [-0.39, 0.29) is 18.1 Å². The van der Waals surface area contributed by atoms with E-state index in [9.17, 15) is 13.5 Å². The average Bonchev–Trinajstić information content (AvgIpc) is 2.92. The van der Waals surface area contributed by atoms with E-state index in [0.29, 0.717) is 19.5 Å². The van der Waals surface area contributed by atoms with Crippen molar-refractivity contribution >= 4 is 10.2 Å². The molecule has 2 N–H and O–H groups in total. The van der Waals surface area contributed by atoms with Gasteiger partial charge in [-0.2, -0.15) is 17.4 Å². The summed E-state index contributed by atoms with van der Waals surface area (Å²) in [5, 5.41) is 9.51. The maximum Gasteiger partial charge on any atom is 0.279 e. The minimum Gasteiger partial charge on any atom is -0.393 e. The molecule has 2 aliphatic rings. The SMILES string of the molecule is CC1CN(S(=O)(=O)NC2CC2)CCC1O. The number of aliphatic hydroxyl groups is 1. The van der Waals surface area contributed by atoms with E-state index in [4.69, 9.17) is 0 Å². The van der Waals surface area contributed by atoms with Gasteiger partial charge in [0, 0.05) is 19.1 Å². The summed E-state index contributed by atoms with van der Waals surface area (Å²) in [5.74, 6) is 0.0227. The highest BCUT2D eigenvalue weighted by Gasteiger charge is 2.35. The molecule has 0 amide bonds. The average molecular weight is 234 g/mol. The minimum atomic E-state index is -3.30. The molecule has 0 radical (unpaired) electrons. The fourth-order valence-corrected chi connectivity index (χ4v) is 3.38. The van der Waals surface area contributed by atoms with Gasteiger partial charge in [-0.25, -0.2) is 0 Å². The molecule has 0 aromatic rings. The first-order valence-corrected chi connectivity index (χ1v) is 6.88. The summed E-state index contributed by atoms with van der Waals surface area (Å²) in [6, 6.07) is 0.150. The summed E-state index contributed by atoms with van der Waals surface area (Å²) in [5.41, 5.74) is 0. The Balaban J connectivity index is 1.97. The van der Waals surface area contributed by atoms with Gasteiger partial charge in [0.2, 0.25) is 0 Å². The van der Waals surface area contributed by atoms with Crippen molar-refractivity contribution in [3.05, 3.63) is 0 Å². The van der Waals surface area contributed by atoms with E-state index in [1.165, 1.54) is 4.31 Å². The second-order valence-electron chi connectivity index (χ2n) is 4.59. The monoisotopic (exact) mass is 234 g/mol. The first-order chi connectivity index (χ1) is 6.99. The quantitative estimate of drug-likeness (QED) is 0.703. The summed E-state index contributed by atoms with van der Waals surface area (Å²) >= 11 is 0. The van der Waals surface area contributed by atoms with Crippen LogP contribution in [0.5, 0.6) is 0 Å². The molecule has 2 unspecified atom stereocenters. The van der Waals surface area contributed by atoms with Gasteiger partial charge >= 0.3 is 0 Å². The molecule has 0 bridgehead atoms. The number of aliphatic hydroxyl groups excluding tert-OH is 1. The lowest BCUT2D eigenvalue weighted by molar-refractivity contribution is 0.0625. The molecule has 0 aromatic heterocycles. The van der Waals surface area contributed by atoms with Gasteiger partial charge in [-0.1, -0.05) is 6.92 Å². The highest BCUT2D eigenvalue weighted by molar-refractivity contribution is 7.87. The lowest BCUT2D eigenvalue weighted by Crippen LogP contribution is -2.49.